The summed E-state index contributed by atoms with van der Waals surface area (Å²) < 4.78 is 7.07. The summed E-state index contributed by atoms with van der Waals surface area (Å²) in [5.41, 5.74) is 0.850. The number of ether oxygens (including phenoxy) is 1. The minimum Gasteiger partial charge on any atom is -0.492 e. The van der Waals surface area contributed by atoms with Gasteiger partial charge in [-0.05, 0) is 38.1 Å². The first-order chi connectivity index (χ1) is 13.1. The molecule has 3 rings (SSSR count). The molecule has 0 saturated heterocycles. The van der Waals surface area contributed by atoms with Crippen molar-refractivity contribution in [3.8, 4) is 5.75 Å². The van der Waals surface area contributed by atoms with Crippen molar-refractivity contribution in [1.29, 1.82) is 0 Å². The lowest BCUT2D eigenvalue weighted by Gasteiger charge is -2.12. The molecule has 0 radical (unpaired) electrons. The van der Waals surface area contributed by atoms with E-state index in [2.05, 4.69) is 15.3 Å². The van der Waals surface area contributed by atoms with E-state index in [1.54, 1.807) is 35.0 Å². The Kier molecular flexibility index (Phi) is 6.08. The molecule has 8 heteroatoms. The average Bonchev–Trinajstić information content (AvgIpc) is 2.68. The van der Waals surface area contributed by atoms with Crippen molar-refractivity contribution in [1.82, 2.24) is 14.5 Å². The zero-order chi connectivity index (χ0) is 19.2. The molecular weight excluding hydrogens is 364 g/mol. The van der Waals surface area contributed by atoms with Crippen LogP contribution in [0, 0.1) is 0 Å². The van der Waals surface area contributed by atoms with Crippen LogP contribution in [0.4, 0.5) is 5.69 Å². The second-order valence-corrected chi connectivity index (χ2v) is 6.53. The van der Waals surface area contributed by atoms with Gasteiger partial charge in [0, 0.05) is 12.7 Å². The summed E-state index contributed by atoms with van der Waals surface area (Å²) in [7, 11) is 0. The lowest BCUT2D eigenvalue weighted by Crippen LogP contribution is -2.23. The van der Waals surface area contributed by atoms with Gasteiger partial charge in [0.1, 0.15) is 5.75 Å². The van der Waals surface area contributed by atoms with Gasteiger partial charge >= 0.3 is 0 Å². The number of pyridine rings is 1. The van der Waals surface area contributed by atoms with Crippen LogP contribution < -0.4 is 15.6 Å². The summed E-state index contributed by atoms with van der Waals surface area (Å²) >= 11 is 1.21. The van der Waals surface area contributed by atoms with Crippen molar-refractivity contribution >= 4 is 34.4 Å². The van der Waals surface area contributed by atoms with Crippen molar-refractivity contribution in [2.24, 2.45) is 0 Å². The fourth-order valence-electron chi connectivity index (χ4n) is 2.59. The van der Waals surface area contributed by atoms with Gasteiger partial charge < -0.3 is 10.1 Å². The summed E-state index contributed by atoms with van der Waals surface area (Å²) in [5, 5.41) is 3.78. The molecule has 0 bridgehead atoms. The number of rotatable bonds is 7. The van der Waals surface area contributed by atoms with Crippen molar-refractivity contribution in [3.05, 3.63) is 52.9 Å². The van der Waals surface area contributed by atoms with Gasteiger partial charge in [-0.3, -0.25) is 14.2 Å². The van der Waals surface area contributed by atoms with Crippen LogP contribution in [0.3, 0.4) is 0 Å². The minimum atomic E-state index is -0.204. The number of fused-ring (bicyclic) bond motifs is 1. The van der Waals surface area contributed by atoms with Crippen molar-refractivity contribution < 1.29 is 9.53 Å². The lowest BCUT2D eigenvalue weighted by atomic mass is 10.3. The molecule has 0 fully saturated rings. The maximum atomic E-state index is 12.6. The van der Waals surface area contributed by atoms with Gasteiger partial charge in [-0.2, -0.15) is 0 Å². The Labute approximate surface area is 160 Å². The topological polar surface area (TPSA) is 86.1 Å². The second kappa shape index (κ2) is 8.68. The Hall–Kier alpha value is -2.87. The molecule has 1 aromatic carbocycles. The first kappa shape index (κ1) is 18.9. The average molecular weight is 384 g/mol. The van der Waals surface area contributed by atoms with Crippen LogP contribution >= 0.6 is 11.8 Å². The Balaban J connectivity index is 1.77. The van der Waals surface area contributed by atoms with Gasteiger partial charge in [0.2, 0.25) is 5.91 Å². The number of carbonyl (C=O) groups excluding carboxylic acids is 1. The highest BCUT2D eigenvalue weighted by Crippen LogP contribution is 2.24. The number of aromatic nitrogens is 3. The van der Waals surface area contributed by atoms with Crippen LogP contribution in [0.15, 0.2) is 52.5 Å². The Morgan fingerprint density at radius 1 is 1.22 bits per heavy atom. The molecule has 0 atom stereocenters. The van der Waals surface area contributed by atoms with Gasteiger partial charge in [-0.15, -0.1) is 0 Å². The molecule has 1 N–H and O–H groups in total. The maximum absolute atomic E-state index is 12.6. The van der Waals surface area contributed by atoms with E-state index < -0.39 is 0 Å². The maximum Gasteiger partial charge on any atom is 0.263 e. The van der Waals surface area contributed by atoms with E-state index in [-0.39, 0.29) is 17.2 Å². The third-order valence-corrected chi connectivity index (χ3v) is 4.78. The Bertz CT molecular complexity index is 1020. The van der Waals surface area contributed by atoms with Crippen LogP contribution in [0.2, 0.25) is 0 Å². The van der Waals surface area contributed by atoms with E-state index >= 15 is 0 Å². The van der Waals surface area contributed by atoms with E-state index in [0.717, 1.165) is 0 Å². The zero-order valence-corrected chi connectivity index (χ0v) is 16.0. The molecule has 0 aliphatic rings. The summed E-state index contributed by atoms with van der Waals surface area (Å²) in [6.07, 6.45) is 1.59. The highest BCUT2D eigenvalue weighted by atomic mass is 32.2. The molecule has 2 aromatic heterocycles. The normalized spacial score (nSPS) is 10.7. The monoisotopic (exact) mass is 384 g/mol. The van der Waals surface area contributed by atoms with Crippen LogP contribution in [0.1, 0.15) is 13.8 Å². The third kappa shape index (κ3) is 4.28. The van der Waals surface area contributed by atoms with E-state index in [4.69, 9.17) is 4.74 Å². The molecule has 2 heterocycles. The SMILES string of the molecule is CCOc1ccccc1NC(=O)CSc1nc2ncccc2c(=O)n1CC. The number of benzene rings is 1. The molecule has 0 saturated carbocycles. The predicted octanol–water partition coefficient (Wildman–Crippen LogP) is 2.94. The molecule has 0 spiro atoms. The van der Waals surface area contributed by atoms with Gasteiger partial charge in [0.15, 0.2) is 10.8 Å². The zero-order valence-electron chi connectivity index (χ0n) is 15.1. The quantitative estimate of drug-likeness (QED) is 0.498. The summed E-state index contributed by atoms with van der Waals surface area (Å²) in [5.74, 6) is 0.535. The van der Waals surface area contributed by atoms with Crippen molar-refractivity contribution in [2.45, 2.75) is 25.5 Å². The van der Waals surface area contributed by atoms with Gasteiger partial charge in [0.25, 0.3) is 5.56 Å². The standard InChI is InChI=1S/C19H20N4O3S/c1-3-23-18(25)13-8-7-11-20-17(13)22-19(23)27-12-16(24)21-14-9-5-6-10-15(14)26-4-2/h5-11H,3-4,12H2,1-2H3,(H,21,24). The van der Waals surface area contributed by atoms with Gasteiger partial charge in [0.05, 0.1) is 23.4 Å². The third-order valence-electron chi connectivity index (χ3n) is 3.80. The largest absolute Gasteiger partial charge is 0.492 e. The van der Waals surface area contributed by atoms with Crippen LogP contribution in [-0.2, 0) is 11.3 Å². The van der Waals surface area contributed by atoms with Crippen LogP contribution in [0.5, 0.6) is 5.75 Å². The molecule has 0 unspecified atom stereocenters. The smallest absolute Gasteiger partial charge is 0.263 e. The molecule has 0 aliphatic heterocycles. The first-order valence-electron chi connectivity index (χ1n) is 8.64. The number of anilines is 1. The number of carbonyl (C=O) groups is 1. The van der Waals surface area contributed by atoms with E-state index in [9.17, 15) is 9.59 Å². The second-order valence-electron chi connectivity index (χ2n) is 5.58. The van der Waals surface area contributed by atoms with E-state index in [1.165, 1.54) is 11.8 Å². The fraction of sp³-hybridized carbons (Fsp3) is 0.263. The molecule has 27 heavy (non-hydrogen) atoms. The number of amides is 1. The van der Waals surface area contributed by atoms with Crippen LogP contribution in [0.25, 0.3) is 11.0 Å². The van der Waals surface area contributed by atoms with Gasteiger partial charge in [-0.1, -0.05) is 23.9 Å². The van der Waals surface area contributed by atoms with Gasteiger partial charge in [-0.25, -0.2) is 9.97 Å². The number of para-hydroxylation sites is 2. The molecule has 0 aliphatic carbocycles. The number of nitrogens with zero attached hydrogens (tertiary/aromatic N) is 3. The number of hydrogen-bond acceptors (Lipinski definition) is 6. The first-order valence-corrected chi connectivity index (χ1v) is 9.62. The molecular formula is C19H20N4O3S. The number of hydrogen-bond donors (Lipinski definition) is 1. The summed E-state index contributed by atoms with van der Waals surface area (Å²) in [6, 6.07) is 10.7. The van der Waals surface area contributed by atoms with Crippen LogP contribution in [-0.4, -0.2) is 32.8 Å². The summed E-state index contributed by atoms with van der Waals surface area (Å²) in [4.78, 5) is 33.6. The molecule has 7 nitrogen and oxygen atoms in total. The fourth-order valence-corrected chi connectivity index (χ4v) is 3.44. The number of thioether (sulfide) groups is 1. The Morgan fingerprint density at radius 3 is 2.81 bits per heavy atom. The molecule has 3 aromatic rings. The lowest BCUT2D eigenvalue weighted by molar-refractivity contribution is -0.113. The minimum absolute atomic E-state index is 0.116. The highest BCUT2D eigenvalue weighted by Gasteiger charge is 2.14. The van der Waals surface area contributed by atoms with E-state index in [0.29, 0.717) is 40.8 Å². The highest BCUT2D eigenvalue weighted by molar-refractivity contribution is 7.99. The molecule has 140 valence electrons. The van der Waals surface area contributed by atoms with E-state index in [1.807, 2.05) is 26.0 Å². The molecule has 1 amide bonds. The van der Waals surface area contributed by atoms with Crippen molar-refractivity contribution in [2.75, 3.05) is 17.7 Å². The Morgan fingerprint density at radius 2 is 2.04 bits per heavy atom. The van der Waals surface area contributed by atoms with Crippen molar-refractivity contribution in [3.63, 3.8) is 0 Å². The number of nitrogens with one attached hydrogen (secondary N) is 1. The summed E-state index contributed by atoms with van der Waals surface area (Å²) in [6.45, 7) is 4.73. The predicted molar refractivity (Wildman–Crippen MR) is 106 cm³/mol.